The summed E-state index contributed by atoms with van der Waals surface area (Å²) in [6.07, 6.45) is 3.87. The Labute approximate surface area is 104 Å². The number of aromatic hydroxyl groups is 1. The van der Waals surface area contributed by atoms with E-state index in [9.17, 15) is 5.11 Å². The summed E-state index contributed by atoms with van der Waals surface area (Å²) in [6, 6.07) is 3.41. The molecule has 0 unspecified atom stereocenters. The molecule has 0 bridgehead atoms. The smallest absolute Gasteiger partial charge is 0.133 e. The second kappa shape index (κ2) is 4.26. The molecule has 0 heterocycles. The lowest BCUT2D eigenvalue weighted by molar-refractivity contribution is 0.407. The highest BCUT2D eigenvalue weighted by atomic mass is 79.9. The largest absolute Gasteiger partial charge is 0.508 e. The fraction of sp³-hybridized carbons (Fsp3) is 0.500. The summed E-state index contributed by atoms with van der Waals surface area (Å²) >= 11 is 3.45. The van der Waals surface area contributed by atoms with E-state index < -0.39 is 0 Å². The first-order chi connectivity index (χ1) is 7.56. The van der Waals surface area contributed by atoms with Crippen LogP contribution in [0.3, 0.4) is 0 Å². The van der Waals surface area contributed by atoms with Crippen molar-refractivity contribution in [2.75, 3.05) is 7.11 Å². The van der Waals surface area contributed by atoms with Crippen LogP contribution in [0.4, 0.5) is 0 Å². The zero-order valence-electron chi connectivity index (χ0n) is 9.29. The maximum absolute atomic E-state index is 9.80. The summed E-state index contributed by atoms with van der Waals surface area (Å²) in [6.45, 7) is 0. The van der Waals surface area contributed by atoms with Crippen LogP contribution >= 0.6 is 15.9 Å². The lowest BCUT2D eigenvalue weighted by Gasteiger charge is -2.13. The molecule has 3 nitrogen and oxygen atoms in total. The molecule has 3 N–H and O–H groups in total. The minimum absolute atomic E-state index is 0.00889. The second-order valence-electron chi connectivity index (χ2n) is 4.44. The summed E-state index contributed by atoms with van der Waals surface area (Å²) in [5, 5.41) is 9.80. The third-order valence-corrected chi connectivity index (χ3v) is 4.04. The van der Waals surface area contributed by atoms with Crippen molar-refractivity contribution in [3.63, 3.8) is 0 Å². The maximum atomic E-state index is 9.80. The Morgan fingerprint density at radius 1 is 1.50 bits per heavy atom. The van der Waals surface area contributed by atoms with Crippen LogP contribution in [0.2, 0.25) is 0 Å². The van der Waals surface area contributed by atoms with E-state index in [0.717, 1.165) is 41.5 Å². The van der Waals surface area contributed by atoms with Crippen molar-refractivity contribution >= 4 is 15.9 Å². The minimum atomic E-state index is 0.00889. The molecule has 1 aliphatic carbocycles. The van der Waals surface area contributed by atoms with Crippen LogP contribution in [0.1, 0.15) is 24.8 Å². The Morgan fingerprint density at radius 3 is 2.75 bits per heavy atom. The normalized spacial score (nSPS) is 17.2. The summed E-state index contributed by atoms with van der Waals surface area (Å²) in [7, 11) is 1.62. The zero-order valence-corrected chi connectivity index (χ0v) is 10.9. The number of methoxy groups -OCH3 is 1. The van der Waals surface area contributed by atoms with Crippen LogP contribution in [0, 0.1) is 0 Å². The minimum Gasteiger partial charge on any atom is -0.508 e. The van der Waals surface area contributed by atoms with E-state index in [1.807, 2.05) is 0 Å². The Morgan fingerprint density at radius 2 is 2.19 bits per heavy atom. The third kappa shape index (κ3) is 2.33. The first-order valence-corrected chi connectivity index (χ1v) is 6.18. The molecule has 4 heteroatoms. The highest BCUT2D eigenvalue weighted by Gasteiger charge is 2.37. The van der Waals surface area contributed by atoms with Gasteiger partial charge < -0.3 is 15.6 Å². The number of rotatable bonds is 4. The van der Waals surface area contributed by atoms with Crippen molar-refractivity contribution in [2.45, 2.75) is 31.2 Å². The van der Waals surface area contributed by atoms with E-state index >= 15 is 0 Å². The molecular formula is C12H16BrNO2. The molecule has 0 radical (unpaired) electrons. The van der Waals surface area contributed by atoms with E-state index in [-0.39, 0.29) is 5.54 Å². The van der Waals surface area contributed by atoms with Crippen molar-refractivity contribution in [2.24, 2.45) is 5.73 Å². The molecule has 88 valence electrons. The molecule has 0 spiro atoms. The van der Waals surface area contributed by atoms with Gasteiger partial charge in [0.2, 0.25) is 0 Å². The Kier molecular flexibility index (Phi) is 3.13. The molecule has 2 rings (SSSR count). The topological polar surface area (TPSA) is 55.5 Å². The van der Waals surface area contributed by atoms with Crippen molar-refractivity contribution in [3.8, 4) is 11.5 Å². The number of nitrogens with two attached hydrogens (primary N) is 1. The van der Waals surface area contributed by atoms with Gasteiger partial charge >= 0.3 is 0 Å². The van der Waals surface area contributed by atoms with Gasteiger partial charge in [-0.25, -0.2) is 0 Å². The quantitative estimate of drug-likeness (QED) is 0.894. The molecule has 0 aliphatic heterocycles. The molecule has 0 saturated heterocycles. The first kappa shape index (κ1) is 11.7. The van der Waals surface area contributed by atoms with Crippen molar-refractivity contribution < 1.29 is 9.84 Å². The number of phenolic OH excluding ortho intramolecular Hbond substituents is 1. The van der Waals surface area contributed by atoms with Crippen molar-refractivity contribution in [1.29, 1.82) is 0 Å². The van der Waals surface area contributed by atoms with Crippen molar-refractivity contribution in [3.05, 3.63) is 22.2 Å². The predicted molar refractivity (Wildman–Crippen MR) is 66.8 cm³/mol. The number of benzene rings is 1. The molecule has 1 aromatic rings. The molecule has 16 heavy (non-hydrogen) atoms. The number of ether oxygens (including phenoxy) is 1. The highest BCUT2D eigenvalue weighted by Crippen LogP contribution is 2.40. The van der Waals surface area contributed by atoms with Crippen LogP contribution in [0.5, 0.6) is 11.5 Å². The van der Waals surface area contributed by atoms with Gasteiger partial charge in [0.05, 0.1) is 11.6 Å². The first-order valence-electron chi connectivity index (χ1n) is 5.39. The monoisotopic (exact) mass is 285 g/mol. The van der Waals surface area contributed by atoms with Crippen LogP contribution in [-0.2, 0) is 6.42 Å². The molecule has 0 aromatic heterocycles. The molecule has 0 amide bonds. The number of phenols is 1. The molecular weight excluding hydrogens is 270 g/mol. The fourth-order valence-electron chi connectivity index (χ4n) is 1.77. The van der Waals surface area contributed by atoms with Crippen LogP contribution in [0.15, 0.2) is 16.6 Å². The van der Waals surface area contributed by atoms with Gasteiger partial charge in [-0.1, -0.05) is 0 Å². The van der Waals surface area contributed by atoms with Gasteiger partial charge in [0.1, 0.15) is 11.5 Å². The average Bonchev–Trinajstić information content (AvgIpc) is 2.97. The standard InChI is InChI=1S/C12H16BrNO2/c1-16-10-3-2-9(15)8(11(10)13)4-5-12(14)6-7-12/h2-3,15H,4-7,14H2,1H3. The van der Waals surface area contributed by atoms with Gasteiger partial charge in [-0.3, -0.25) is 0 Å². The van der Waals surface area contributed by atoms with Crippen LogP contribution in [0.25, 0.3) is 0 Å². The van der Waals surface area contributed by atoms with Gasteiger partial charge in [-0.05, 0) is 53.7 Å². The summed E-state index contributed by atoms with van der Waals surface area (Å²) in [5.74, 6) is 1.05. The Bertz CT molecular complexity index is 402. The molecule has 1 aromatic carbocycles. The lowest BCUT2D eigenvalue weighted by atomic mass is 10.0. The zero-order chi connectivity index (χ0) is 11.8. The summed E-state index contributed by atoms with van der Waals surface area (Å²) in [5.41, 5.74) is 6.93. The van der Waals surface area contributed by atoms with Gasteiger partial charge in [0, 0.05) is 11.1 Å². The Balaban J connectivity index is 2.17. The number of hydrogen-bond donors (Lipinski definition) is 2. The van der Waals surface area contributed by atoms with Gasteiger partial charge in [-0.2, -0.15) is 0 Å². The molecule has 1 aliphatic rings. The van der Waals surface area contributed by atoms with Gasteiger partial charge in [0.15, 0.2) is 0 Å². The van der Waals surface area contributed by atoms with E-state index in [0.29, 0.717) is 5.75 Å². The van der Waals surface area contributed by atoms with E-state index in [4.69, 9.17) is 10.5 Å². The van der Waals surface area contributed by atoms with Crippen LogP contribution < -0.4 is 10.5 Å². The van der Waals surface area contributed by atoms with Crippen LogP contribution in [-0.4, -0.2) is 17.8 Å². The number of hydrogen-bond acceptors (Lipinski definition) is 3. The SMILES string of the molecule is COc1ccc(O)c(CCC2(N)CC2)c1Br. The predicted octanol–water partition coefficient (Wildman–Crippen LogP) is 2.59. The second-order valence-corrected chi connectivity index (χ2v) is 5.23. The van der Waals surface area contributed by atoms with E-state index in [2.05, 4.69) is 15.9 Å². The highest BCUT2D eigenvalue weighted by molar-refractivity contribution is 9.10. The van der Waals surface area contributed by atoms with E-state index in [1.165, 1.54) is 0 Å². The summed E-state index contributed by atoms with van der Waals surface area (Å²) < 4.78 is 6.03. The fourth-order valence-corrected chi connectivity index (χ4v) is 2.46. The maximum Gasteiger partial charge on any atom is 0.133 e. The molecule has 1 fully saturated rings. The number of halogens is 1. The van der Waals surface area contributed by atoms with Gasteiger partial charge in [0.25, 0.3) is 0 Å². The third-order valence-electron chi connectivity index (χ3n) is 3.17. The van der Waals surface area contributed by atoms with E-state index in [1.54, 1.807) is 19.2 Å². The summed E-state index contributed by atoms with van der Waals surface area (Å²) in [4.78, 5) is 0. The average molecular weight is 286 g/mol. The Hall–Kier alpha value is -0.740. The molecule has 1 saturated carbocycles. The van der Waals surface area contributed by atoms with Gasteiger partial charge in [-0.15, -0.1) is 0 Å². The van der Waals surface area contributed by atoms with Crippen molar-refractivity contribution in [1.82, 2.24) is 0 Å². The molecule has 0 atom stereocenters. The lowest BCUT2D eigenvalue weighted by Crippen LogP contribution is -2.22.